The molecule has 5 heteroatoms. The molecular weight excluding hydrogens is 382 g/mol. The Balaban J connectivity index is 2.52. The van der Waals surface area contributed by atoms with Crippen LogP contribution in [0.15, 0.2) is 40.9 Å². The van der Waals surface area contributed by atoms with Crippen molar-refractivity contribution in [2.24, 2.45) is 0 Å². The van der Waals surface area contributed by atoms with Gasteiger partial charge in [0.15, 0.2) is 0 Å². The summed E-state index contributed by atoms with van der Waals surface area (Å²) < 4.78 is 6.54. The number of alkyl halides is 1. The number of ether oxygens (including phenoxy) is 1. The van der Waals surface area contributed by atoms with Crippen LogP contribution < -0.4 is 4.74 Å². The van der Waals surface area contributed by atoms with Crippen molar-refractivity contribution in [3.8, 4) is 5.75 Å². The Morgan fingerprint density at radius 1 is 1.15 bits per heavy atom. The first-order valence-electron chi connectivity index (χ1n) is 6.04. The monoisotopic (exact) mass is 392 g/mol. The molecule has 0 spiro atoms. The Labute approximate surface area is 141 Å². The first kappa shape index (κ1) is 16.0. The minimum atomic E-state index is -0.477. The quantitative estimate of drug-likeness (QED) is 0.539. The molecule has 0 saturated heterocycles. The number of rotatable bonds is 4. The number of halogens is 4. The molecule has 0 aliphatic carbocycles. The van der Waals surface area contributed by atoms with Crippen molar-refractivity contribution in [2.75, 3.05) is 6.61 Å². The van der Waals surface area contributed by atoms with E-state index in [9.17, 15) is 0 Å². The van der Waals surface area contributed by atoms with Gasteiger partial charge in [0.05, 0.1) is 12.0 Å². The highest BCUT2D eigenvalue weighted by Crippen LogP contribution is 2.42. The molecule has 1 atom stereocenters. The largest absolute Gasteiger partial charge is 0.494 e. The average Bonchev–Trinajstić information content (AvgIpc) is 2.40. The predicted molar refractivity (Wildman–Crippen MR) is 89.5 cm³/mol. The van der Waals surface area contributed by atoms with E-state index in [4.69, 9.17) is 39.5 Å². The van der Waals surface area contributed by atoms with E-state index in [1.54, 1.807) is 18.2 Å². The fourth-order valence-corrected chi connectivity index (χ4v) is 3.42. The SMILES string of the molecule is CCOc1ccc(Br)cc1C(Cl)c1c(Cl)cccc1Cl. The Morgan fingerprint density at radius 2 is 1.80 bits per heavy atom. The zero-order valence-corrected chi connectivity index (χ0v) is 14.5. The summed E-state index contributed by atoms with van der Waals surface area (Å²) in [7, 11) is 0. The lowest BCUT2D eigenvalue weighted by Crippen LogP contribution is -2.01. The van der Waals surface area contributed by atoms with E-state index in [2.05, 4.69) is 15.9 Å². The average molecular weight is 395 g/mol. The normalized spacial score (nSPS) is 12.2. The Bertz CT molecular complexity index is 596. The maximum atomic E-state index is 6.59. The highest BCUT2D eigenvalue weighted by molar-refractivity contribution is 9.10. The Hall–Kier alpha value is -0.410. The van der Waals surface area contributed by atoms with Crippen LogP contribution >= 0.6 is 50.7 Å². The second-order valence-electron chi connectivity index (χ2n) is 4.11. The summed E-state index contributed by atoms with van der Waals surface area (Å²) in [5, 5.41) is 0.607. The van der Waals surface area contributed by atoms with Gasteiger partial charge in [0.25, 0.3) is 0 Å². The van der Waals surface area contributed by atoms with Crippen LogP contribution in [-0.2, 0) is 0 Å². The molecule has 106 valence electrons. The molecule has 0 saturated carbocycles. The Morgan fingerprint density at radius 3 is 2.40 bits per heavy atom. The van der Waals surface area contributed by atoms with E-state index in [-0.39, 0.29) is 0 Å². The van der Waals surface area contributed by atoms with Gasteiger partial charge >= 0.3 is 0 Å². The van der Waals surface area contributed by atoms with Crippen LogP contribution in [0.1, 0.15) is 23.4 Å². The molecule has 0 N–H and O–H groups in total. The van der Waals surface area contributed by atoms with Crippen molar-refractivity contribution in [2.45, 2.75) is 12.3 Å². The van der Waals surface area contributed by atoms with E-state index in [0.29, 0.717) is 22.2 Å². The molecule has 2 rings (SSSR count). The summed E-state index contributed by atoms with van der Waals surface area (Å²) in [6, 6.07) is 11.0. The molecule has 1 unspecified atom stereocenters. The van der Waals surface area contributed by atoms with Gasteiger partial charge in [-0.15, -0.1) is 11.6 Å². The summed E-state index contributed by atoms with van der Waals surface area (Å²) >= 11 is 22.5. The number of benzene rings is 2. The lowest BCUT2D eigenvalue weighted by atomic mass is 10.0. The molecule has 0 aliphatic heterocycles. The molecule has 0 radical (unpaired) electrons. The van der Waals surface area contributed by atoms with Crippen molar-refractivity contribution in [1.29, 1.82) is 0 Å². The number of hydrogen-bond donors (Lipinski definition) is 0. The molecule has 2 aromatic carbocycles. The minimum Gasteiger partial charge on any atom is -0.494 e. The lowest BCUT2D eigenvalue weighted by Gasteiger charge is -2.18. The fraction of sp³-hybridized carbons (Fsp3) is 0.200. The van der Waals surface area contributed by atoms with Gasteiger partial charge in [-0.1, -0.05) is 45.2 Å². The van der Waals surface area contributed by atoms with Crippen LogP contribution in [0.5, 0.6) is 5.75 Å². The van der Waals surface area contributed by atoms with Crippen molar-refractivity contribution >= 4 is 50.7 Å². The second-order valence-corrected chi connectivity index (χ2v) is 6.28. The fourth-order valence-electron chi connectivity index (χ4n) is 1.91. The van der Waals surface area contributed by atoms with Gasteiger partial charge in [0.1, 0.15) is 5.75 Å². The van der Waals surface area contributed by atoms with Gasteiger partial charge in [0.2, 0.25) is 0 Å². The van der Waals surface area contributed by atoms with Crippen LogP contribution in [0.2, 0.25) is 10.0 Å². The van der Waals surface area contributed by atoms with E-state index in [0.717, 1.165) is 15.8 Å². The van der Waals surface area contributed by atoms with E-state index >= 15 is 0 Å². The van der Waals surface area contributed by atoms with Crippen LogP contribution in [0, 0.1) is 0 Å². The van der Waals surface area contributed by atoms with Gasteiger partial charge in [0, 0.05) is 25.6 Å². The molecule has 0 bridgehead atoms. The van der Waals surface area contributed by atoms with Gasteiger partial charge in [-0.05, 0) is 37.3 Å². The van der Waals surface area contributed by atoms with Gasteiger partial charge in [-0.2, -0.15) is 0 Å². The molecule has 20 heavy (non-hydrogen) atoms. The van der Waals surface area contributed by atoms with Gasteiger partial charge in [-0.25, -0.2) is 0 Å². The summed E-state index contributed by atoms with van der Waals surface area (Å²) in [6.07, 6.45) is 0. The third-order valence-corrected chi connectivity index (χ3v) is 4.40. The highest BCUT2D eigenvalue weighted by Gasteiger charge is 2.21. The smallest absolute Gasteiger partial charge is 0.124 e. The molecule has 0 amide bonds. The van der Waals surface area contributed by atoms with Crippen molar-refractivity contribution in [3.05, 3.63) is 62.0 Å². The Kier molecular flexibility index (Phi) is 5.62. The summed E-state index contributed by atoms with van der Waals surface area (Å²) in [5.74, 6) is 0.728. The van der Waals surface area contributed by atoms with Gasteiger partial charge < -0.3 is 4.74 Å². The van der Waals surface area contributed by atoms with Crippen LogP contribution in [0.3, 0.4) is 0 Å². The molecule has 1 nitrogen and oxygen atoms in total. The number of hydrogen-bond acceptors (Lipinski definition) is 1. The molecule has 0 fully saturated rings. The summed E-state index contributed by atoms with van der Waals surface area (Å²) in [6.45, 7) is 2.49. The second kappa shape index (κ2) is 7.04. The van der Waals surface area contributed by atoms with Crippen molar-refractivity contribution in [1.82, 2.24) is 0 Å². The van der Waals surface area contributed by atoms with Gasteiger partial charge in [-0.3, -0.25) is 0 Å². The van der Waals surface area contributed by atoms with Crippen LogP contribution in [0.25, 0.3) is 0 Å². The zero-order chi connectivity index (χ0) is 14.7. The topological polar surface area (TPSA) is 9.23 Å². The van der Waals surface area contributed by atoms with E-state index in [1.807, 2.05) is 25.1 Å². The third-order valence-electron chi connectivity index (χ3n) is 2.80. The molecular formula is C15H12BrCl3O. The highest BCUT2D eigenvalue weighted by atomic mass is 79.9. The lowest BCUT2D eigenvalue weighted by molar-refractivity contribution is 0.337. The standard InChI is InChI=1S/C15H12BrCl3O/c1-2-20-13-7-6-9(16)8-10(13)15(19)14-11(17)4-3-5-12(14)18/h3-8,15H,2H2,1H3. The molecule has 2 aromatic rings. The predicted octanol–water partition coefficient (Wildman–Crippen LogP) is 6.48. The molecule has 0 aliphatic rings. The zero-order valence-electron chi connectivity index (χ0n) is 10.7. The third kappa shape index (κ3) is 3.43. The first-order chi connectivity index (χ1) is 9.54. The van der Waals surface area contributed by atoms with E-state index < -0.39 is 5.38 Å². The minimum absolute atomic E-state index is 0.477. The summed E-state index contributed by atoms with van der Waals surface area (Å²) in [4.78, 5) is 0. The van der Waals surface area contributed by atoms with Crippen LogP contribution in [-0.4, -0.2) is 6.61 Å². The first-order valence-corrected chi connectivity index (χ1v) is 8.03. The van der Waals surface area contributed by atoms with Crippen LogP contribution in [0.4, 0.5) is 0 Å². The van der Waals surface area contributed by atoms with E-state index in [1.165, 1.54) is 0 Å². The maximum absolute atomic E-state index is 6.59. The molecule has 0 aromatic heterocycles. The molecule has 0 heterocycles. The summed E-state index contributed by atoms with van der Waals surface area (Å²) in [5.41, 5.74) is 1.52. The van der Waals surface area contributed by atoms with Crippen molar-refractivity contribution in [3.63, 3.8) is 0 Å². The van der Waals surface area contributed by atoms with Crippen molar-refractivity contribution < 1.29 is 4.74 Å². The maximum Gasteiger partial charge on any atom is 0.124 e.